The fourth-order valence-corrected chi connectivity index (χ4v) is 2.81. The maximum absolute atomic E-state index is 12.6. The predicted octanol–water partition coefficient (Wildman–Crippen LogP) is 4.90. The van der Waals surface area contributed by atoms with E-state index in [0.717, 1.165) is 22.0 Å². The molecule has 0 aliphatic heterocycles. The lowest BCUT2D eigenvalue weighted by atomic mass is 10.1. The van der Waals surface area contributed by atoms with E-state index in [1.807, 2.05) is 66.7 Å². The zero-order valence-electron chi connectivity index (χ0n) is 15.1. The van der Waals surface area contributed by atoms with Crippen molar-refractivity contribution in [3.63, 3.8) is 0 Å². The number of fused-ring (bicyclic) bond motifs is 1. The summed E-state index contributed by atoms with van der Waals surface area (Å²) in [4.78, 5) is 12.6. The molecule has 0 spiro atoms. The van der Waals surface area contributed by atoms with Gasteiger partial charge in [0.25, 0.3) is 5.91 Å². The second kappa shape index (κ2) is 7.74. The first-order chi connectivity index (χ1) is 12.6. The van der Waals surface area contributed by atoms with Crippen molar-refractivity contribution in [1.82, 2.24) is 0 Å². The number of hydrogen-bond acceptors (Lipinski definition) is 3. The van der Waals surface area contributed by atoms with Gasteiger partial charge in [-0.2, -0.15) is 0 Å². The highest BCUT2D eigenvalue weighted by molar-refractivity contribution is 6.10. The third-order valence-electron chi connectivity index (χ3n) is 4.19. The zero-order chi connectivity index (χ0) is 18.5. The minimum absolute atomic E-state index is 0.142. The van der Waals surface area contributed by atoms with Gasteiger partial charge in [-0.1, -0.05) is 42.5 Å². The van der Waals surface area contributed by atoms with Crippen molar-refractivity contribution < 1.29 is 14.3 Å². The molecule has 0 aromatic heterocycles. The van der Waals surface area contributed by atoms with Crippen molar-refractivity contribution >= 4 is 28.4 Å². The minimum Gasteiger partial charge on any atom is -0.493 e. The van der Waals surface area contributed by atoms with Gasteiger partial charge in [-0.15, -0.1) is 0 Å². The molecular formula is C22H21NO3. The zero-order valence-corrected chi connectivity index (χ0v) is 15.1. The minimum atomic E-state index is -0.142. The number of rotatable bonds is 5. The monoisotopic (exact) mass is 347 g/mol. The number of hydrogen-bond donors (Lipinski definition) is 1. The average Bonchev–Trinajstić information content (AvgIpc) is 2.68. The highest BCUT2D eigenvalue weighted by Gasteiger charge is 2.09. The Kier molecular flexibility index (Phi) is 5.23. The fraction of sp³-hybridized carbons (Fsp3) is 0.136. The van der Waals surface area contributed by atoms with Crippen molar-refractivity contribution in [3.8, 4) is 11.5 Å². The smallest absolute Gasteiger partial charge is 0.251 e. The number of nitrogens with one attached hydrogen (secondary N) is 1. The Morgan fingerprint density at radius 1 is 0.923 bits per heavy atom. The maximum atomic E-state index is 12.6. The van der Waals surface area contributed by atoms with E-state index in [2.05, 4.69) is 5.32 Å². The van der Waals surface area contributed by atoms with E-state index in [0.29, 0.717) is 17.1 Å². The number of methoxy groups -OCH3 is 2. The van der Waals surface area contributed by atoms with E-state index in [4.69, 9.17) is 9.47 Å². The van der Waals surface area contributed by atoms with E-state index in [1.165, 1.54) is 0 Å². The van der Waals surface area contributed by atoms with Crippen LogP contribution in [0.5, 0.6) is 11.5 Å². The molecule has 3 rings (SSSR count). The molecule has 0 radical (unpaired) electrons. The van der Waals surface area contributed by atoms with Crippen molar-refractivity contribution in [1.29, 1.82) is 0 Å². The third-order valence-corrected chi connectivity index (χ3v) is 4.19. The first-order valence-electron chi connectivity index (χ1n) is 8.32. The average molecular weight is 347 g/mol. The lowest BCUT2D eigenvalue weighted by Crippen LogP contribution is -2.12. The molecule has 4 heteroatoms. The molecule has 0 bridgehead atoms. The third kappa shape index (κ3) is 3.70. The summed E-state index contributed by atoms with van der Waals surface area (Å²) in [6.07, 6.45) is 1.82. The van der Waals surface area contributed by atoms with Crippen LogP contribution in [0, 0.1) is 0 Å². The summed E-state index contributed by atoms with van der Waals surface area (Å²) in [5, 5.41) is 5.10. The van der Waals surface area contributed by atoms with Crippen LogP contribution < -0.4 is 14.8 Å². The van der Waals surface area contributed by atoms with Crippen LogP contribution in [0.1, 0.15) is 12.5 Å². The molecule has 26 heavy (non-hydrogen) atoms. The largest absolute Gasteiger partial charge is 0.493 e. The van der Waals surface area contributed by atoms with Crippen LogP contribution in [0.15, 0.2) is 66.2 Å². The van der Waals surface area contributed by atoms with Crippen LogP contribution in [0.2, 0.25) is 0 Å². The molecular weight excluding hydrogens is 326 g/mol. The molecule has 0 atom stereocenters. The summed E-state index contributed by atoms with van der Waals surface area (Å²) in [5.41, 5.74) is 2.27. The molecule has 1 N–H and O–H groups in total. The second-order valence-corrected chi connectivity index (χ2v) is 5.92. The Bertz CT molecular complexity index is 971. The van der Waals surface area contributed by atoms with Gasteiger partial charge in [0.1, 0.15) is 0 Å². The number of anilines is 1. The summed E-state index contributed by atoms with van der Waals surface area (Å²) in [6.45, 7) is 1.79. The molecule has 4 nitrogen and oxygen atoms in total. The molecule has 0 fully saturated rings. The van der Waals surface area contributed by atoms with E-state index in [1.54, 1.807) is 21.1 Å². The van der Waals surface area contributed by atoms with E-state index >= 15 is 0 Å². The first-order valence-corrected chi connectivity index (χ1v) is 8.32. The number of carbonyl (C=O) groups is 1. The number of amides is 1. The summed E-state index contributed by atoms with van der Waals surface area (Å²) >= 11 is 0. The molecule has 0 unspecified atom stereocenters. The van der Waals surface area contributed by atoms with Crippen LogP contribution in [0.4, 0.5) is 5.69 Å². The van der Waals surface area contributed by atoms with Gasteiger partial charge in [-0.25, -0.2) is 0 Å². The van der Waals surface area contributed by atoms with Crippen molar-refractivity contribution in [2.24, 2.45) is 0 Å². The van der Waals surface area contributed by atoms with Crippen LogP contribution in [-0.2, 0) is 4.79 Å². The summed E-state index contributed by atoms with van der Waals surface area (Å²) in [6, 6.07) is 19.4. The van der Waals surface area contributed by atoms with E-state index in [-0.39, 0.29) is 5.91 Å². The Morgan fingerprint density at radius 2 is 1.65 bits per heavy atom. The van der Waals surface area contributed by atoms with Crippen molar-refractivity contribution in [3.05, 3.63) is 71.8 Å². The van der Waals surface area contributed by atoms with Gasteiger partial charge in [-0.05, 0) is 42.1 Å². The van der Waals surface area contributed by atoms with Gasteiger partial charge in [0.05, 0.1) is 14.2 Å². The molecule has 0 saturated carbocycles. The Morgan fingerprint density at radius 3 is 2.42 bits per heavy atom. The topological polar surface area (TPSA) is 47.6 Å². The normalized spacial score (nSPS) is 11.3. The molecule has 3 aromatic rings. The molecule has 0 saturated heterocycles. The van der Waals surface area contributed by atoms with Gasteiger partial charge in [-0.3, -0.25) is 4.79 Å². The summed E-state index contributed by atoms with van der Waals surface area (Å²) < 4.78 is 10.5. The highest BCUT2D eigenvalue weighted by atomic mass is 16.5. The van der Waals surface area contributed by atoms with Crippen LogP contribution in [0.25, 0.3) is 16.8 Å². The van der Waals surface area contributed by atoms with Gasteiger partial charge in [0, 0.05) is 16.6 Å². The Hall–Kier alpha value is -3.27. The lowest BCUT2D eigenvalue weighted by molar-refractivity contribution is -0.112. The molecule has 132 valence electrons. The van der Waals surface area contributed by atoms with Crippen molar-refractivity contribution in [2.75, 3.05) is 19.5 Å². The Labute approximate surface area is 153 Å². The summed E-state index contributed by atoms with van der Waals surface area (Å²) in [5.74, 6) is 1.14. The molecule has 0 aliphatic rings. The Balaban J connectivity index is 1.84. The number of carbonyl (C=O) groups excluding carboxylic acids is 1. The quantitative estimate of drug-likeness (QED) is 0.668. The molecule has 1 amide bonds. The predicted molar refractivity (Wildman–Crippen MR) is 106 cm³/mol. The molecule has 3 aromatic carbocycles. The van der Waals surface area contributed by atoms with Crippen LogP contribution in [-0.4, -0.2) is 20.1 Å². The number of ether oxygens (including phenoxy) is 2. The van der Waals surface area contributed by atoms with Gasteiger partial charge in [0.15, 0.2) is 11.5 Å². The van der Waals surface area contributed by atoms with Gasteiger partial charge >= 0.3 is 0 Å². The molecule has 0 heterocycles. The standard InChI is InChI=1S/C22H21NO3/c1-15(13-16-11-12-20(25-2)21(14-16)26-3)22(24)23-19-10-6-8-17-7-4-5-9-18(17)19/h4-14H,1-3H3,(H,23,24)/b15-13+. The van der Waals surface area contributed by atoms with Crippen LogP contribution >= 0.6 is 0 Å². The highest BCUT2D eigenvalue weighted by Crippen LogP contribution is 2.29. The summed E-state index contributed by atoms with van der Waals surface area (Å²) in [7, 11) is 3.18. The van der Waals surface area contributed by atoms with E-state index in [9.17, 15) is 4.79 Å². The van der Waals surface area contributed by atoms with E-state index < -0.39 is 0 Å². The lowest BCUT2D eigenvalue weighted by Gasteiger charge is -2.10. The SMILES string of the molecule is COc1ccc(/C=C(\C)C(=O)Nc2cccc3ccccc23)cc1OC. The van der Waals surface area contributed by atoms with Crippen molar-refractivity contribution in [2.45, 2.75) is 6.92 Å². The fourth-order valence-electron chi connectivity index (χ4n) is 2.81. The first kappa shape index (κ1) is 17.5. The second-order valence-electron chi connectivity index (χ2n) is 5.92. The molecule has 0 aliphatic carbocycles. The van der Waals surface area contributed by atoms with Gasteiger partial charge < -0.3 is 14.8 Å². The van der Waals surface area contributed by atoms with Crippen LogP contribution in [0.3, 0.4) is 0 Å². The number of benzene rings is 3. The maximum Gasteiger partial charge on any atom is 0.251 e. The van der Waals surface area contributed by atoms with Gasteiger partial charge in [0.2, 0.25) is 0 Å².